The monoisotopic (exact) mass is 423 g/mol. The van der Waals surface area contributed by atoms with Gasteiger partial charge in [-0.15, -0.1) is 0 Å². The fourth-order valence-electron chi connectivity index (χ4n) is 3.57. The molecule has 4 rings (SSSR count). The second-order valence-electron chi connectivity index (χ2n) is 7.37. The van der Waals surface area contributed by atoms with Crippen LogP contribution in [0.4, 0.5) is 0 Å². The minimum Gasteiger partial charge on any atom is -0.493 e. The first kappa shape index (κ1) is 21.2. The van der Waals surface area contributed by atoms with E-state index in [4.69, 9.17) is 19.7 Å². The number of methoxy groups -OCH3 is 1. The fourth-order valence-corrected chi connectivity index (χ4v) is 3.57. The van der Waals surface area contributed by atoms with Crippen molar-refractivity contribution in [3.8, 4) is 23.3 Å². The Morgan fingerprint density at radius 3 is 2.56 bits per heavy atom. The number of rotatable bonds is 8. The first-order valence-corrected chi connectivity index (χ1v) is 10.7. The molecule has 0 aliphatic rings. The highest BCUT2D eigenvalue weighted by Gasteiger charge is 2.12. The second-order valence-corrected chi connectivity index (χ2v) is 7.37. The van der Waals surface area contributed by atoms with Gasteiger partial charge in [-0.1, -0.05) is 37.6 Å². The topological polar surface area (TPSA) is 60.1 Å². The molecule has 0 amide bonds. The molecule has 0 N–H and O–H groups in total. The summed E-state index contributed by atoms with van der Waals surface area (Å²) in [5.74, 6) is 2.24. The number of imidazole rings is 1. The average molecular weight is 424 g/mol. The average Bonchev–Trinajstić information content (AvgIpc) is 3.21. The molecule has 0 unspecified atom stereocenters. The van der Waals surface area contributed by atoms with E-state index in [0.717, 1.165) is 46.7 Å². The summed E-state index contributed by atoms with van der Waals surface area (Å²) in [6, 6.07) is 23.6. The Kier molecular flexibility index (Phi) is 6.52. The van der Waals surface area contributed by atoms with Gasteiger partial charge in [0.2, 0.25) is 0 Å². The van der Waals surface area contributed by atoms with Crippen molar-refractivity contribution in [2.24, 2.45) is 0 Å². The summed E-state index contributed by atoms with van der Waals surface area (Å²) >= 11 is 0. The Balaban J connectivity index is 1.77. The van der Waals surface area contributed by atoms with Gasteiger partial charge < -0.3 is 9.47 Å². The van der Waals surface area contributed by atoms with Crippen LogP contribution in [-0.4, -0.2) is 23.3 Å². The molecule has 0 aliphatic carbocycles. The quantitative estimate of drug-likeness (QED) is 0.314. The number of fused-ring (bicyclic) bond motifs is 1. The molecule has 5 heteroatoms. The Morgan fingerprint density at radius 2 is 1.81 bits per heavy atom. The number of aromatic nitrogens is 2. The zero-order chi connectivity index (χ0) is 22.3. The van der Waals surface area contributed by atoms with E-state index in [-0.39, 0.29) is 0 Å². The second kappa shape index (κ2) is 9.84. The van der Waals surface area contributed by atoms with Gasteiger partial charge in [-0.05, 0) is 61.0 Å². The molecular weight excluding hydrogens is 398 g/mol. The van der Waals surface area contributed by atoms with Crippen LogP contribution < -0.4 is 9.47 Å². The van der Waals surface area contributed by atoms with Crippen LogP contribution in [0.1, 0.15) is 36.7 Å². The van der Waals surface area contributed by atoms with E-state index in [1.165, 1.54) is 0 Å². The third kappa shape index (κ3) is 4.35. The number of ether oxygens (including phenoxy) is 2. The van der Waals surface area contributed by atoms with Crippen molar-refractivity contribution in [1.82, 2.24) is 9.55 Å². The molecule has 0 radical (unpaired) electrons. The molecule has 0 bridgehead atoms. The molecule has 4 aromatic rings. The highest BCUT2D eigenvalue weighted by Crippen LogP contribution is 2.33. The van der Waals surface area contributed by atoms with E-state index < -0.39 is 0 Å². The number of para-hydroxylation sites is 3. The molecule has 0 fully saturated rings. The molecule has 0 aliphatic heterocycles. The summed E-state index contributed by atoms with van der Waals surface area (Å²) in [5, 5.41) is 9.14. The van der Waals surface area contributed by atoms with Crippen molar-refractivity contribution < 1.29 is 9.47 Å². The number of hydrogen-bond donors (Lipinski definition) is 0. The molecule has 0 atom stereocenters. The zero-order valence-corrected chi connectivity index (χ0v) is 18.3. The minimum absolute atomic E-state index is 0.625. The molecular formula is C27H25N3O2. The Hall–Kier alpha value is -4.04. The predicted octanol–water partition coefficient (Wildman–Crippen LogP) is 6.26. The minimum atomic E-state index is 0.625. The Labute approximate surface area is 188 Å². The van der Waals surface area contributed by atoms with E-state index in [0.29, 0.717) is 17.9 Å². The van der Waals surface area contributed by atoms with Gasteiger partial charge in [0, 0.05) is 11.3 Å². The molecule has 0 saturated carbocycles. The molecule has 0 saturated heterocycles. The summed E-state index contributed by atoms with van der Waals surface area (Å²) in [6.07, 6.45) is 6.04. The normalized spacial score (nSPS) is 11.0. The standard InChI is InChI=1S/C27H25N3O2/c1-3-4-18-32-27-21(8-7-11-25(27)31-2)14-17-26-29-23-9-5-6-10-24(23)30(26)22-15-12-20(19-28)13-16-22/h5-17H,3-4,18H2,1-2H3/b17-14+. The van der Waals surface area contributed by atoms with Crippen molar-refractivity contribution >= 4 is 23.2 Å². The first-order chi connectivity index (χ1) is 15.7. The van der Waals surface area contributed by atoms with Gasteiger partial charge in [-0.3, -0.25) is 4.57 Å². The van der Waals surface area contributed by atoms with Crippen LogP contribution in [0, 0.1) is 11.3 Å². The Morgan fingerprint density at radius 1 is 1.00 bits per heavy atom. The van der Waals surface area contributed by atoms with E-state index in [1.54, 1.807) is 7.11 Å². The van der Waals surface area contributed by atoms with E-state index in [1.807, 2.05) is 78.9 Å². The summed E-state index contributed by atoms with van der Waals surface area (Å²) in [4.78, 5) is 4.83. The maximum Gasteiger partial charge on any atom is 0.168 e. The molecule has 0 spiro atoms. The SMILES string of the molecule is CCCCOc1c(/C=C/c2nc3ccccc3n2-c2ccc(C#N)cc2)cccc1OC. The fraction of sp³-hybridized carbons (Fsp3) is 0.185. The lowest BCUT2D eigenvalue weighted by molar-refractivity contribution is 0.287. The number of hydrogen-bond acceptors (Lipinski definition) is 4. The molecule has 3 aromatic carbocycles. The lowest BCUT2D eigenvalue weighted by atomic mass is 10.1. The maximum atomic E-state index is 9.14. The van der Waals surface area contributed by atoms with E-state index in [9.17, 15) is 0 Å². The lowest BCUT2D eigenvalue weighted by Gasteiger charge is -2.13. The summed E-state index contributed by atoms with van der Waals surface area (Å²) < 4.78 is 13.7. The lowest BCUT2D eigenvalue weighted by Crippen LogP contribution is -2.00. The van der Waals surface area contributed by atoms with Gasteiger partial charge >= 0.3 is 0 Å². The smallest absolute Gasteiger partial charge is 0.168 e. The Bertz CT molecular complexity index is 1280. The number of benzene rings is 3. The van der Waals surface area contributed by atoms with Crippen LogP contribution in [0.5, 0.6) is 11.5 Å². The molecule has 5 nitrogen and oxygen atoms in total. The van der Waals surface area contributed by atoms with Crippen LogP contribution in [0.15, 0.2) is 66.7 Å². The van der Waals surface area contributed by atoms with Crippen molar-refractivity contribution in [3.05, 3.63) is 83.7 Å². The number of nitriles is 1. The first-order valence-electron chi connectivity index (χ1n) is 10.7. The van der Waals surface area contributed by atoms with E-state index >= 15 is 0 Å². The third-order valence-corrected chi connectivity index (χ3v) is 5.23. The van der Waals surface area contributed by atoms with Crippen molar-refractivity contribution in [3.63, 3.8) is 0 Å². The van der Waals surface area contributed by atoms with Crippen LogP contribution >= 0.6 is 0 Å². The van der Waals surface area contributed by atoms with Crippen LogP contribution in [0.2, 0.25) is 0 Å². The number of nitrogens with zero attached hydrogens (tertiary/aromatic N) is 3. The van der Waals surface area contributed by atoms with Gasteiger partial charge in [0.05, 0.1) is 36.4 Å². The largest absolute Gasteiger partial charge is 0.493 e. The maximum absolute atomic E-state index is 9.14. The highest BCUT2D eigenvalue weighted by molar-refractivity contribution is 5.83. The highest BCUT2D eigenvalue weighted by atomic mass is 16.5. The van der Waals surface area contributed by atoms with Crippen LogP contribution in [0.3, 0.4) is 0 Å². The van der Waals surface area contributed by atoms with Crippen LogP contribution in [-0.2, 0) is 0 Å². The summed E-state index contributed by atoms with van der Waals surface area (Å²) in [7, 11) is 1.65. The van der Waals surface area contributed by atoms with Gasteiger partial charge in [0.1, 0.15) is 5.82 Å². The van der Waals surface area contributed by atoms with Crippen molar-refractivity contribution in [1.29, 1.82) is 5.26 Å². The number of unbranched alkanes of at least 4 members (excludes halogenated alkanes) is 1. The van der Waals surface area contributed by atoms with Gasteiger partial charge in [0.25, 0.3) is 0 Å². The van der Waals surface area contributed by atoms with Crippen molar-refractivity contribution in [2.45, 2.75) is 19.8 Å². The zero-order valence-electron chi connectivity index (χ0n) is 18.3. The van der Waals surface area contributed by atoms with Gasteiger partial charge in [-0.25, -0.2) is 4.98 Å². The van der Waals surface area contributed by atoms with Gasteiger partial charge in [0.15, 0.2) is 11.5 Å². The summed E-state index contributed by atoms with van der Waals surface area (Å²) in [6.45, 7) is 2.78. The van der Waals surface area contributed by atoms with Crippen LogP contribution in [0.25, 0.3) is 28.9 Å². The molecule has 32 heavy (non-hydrogen) atoms. The third-order valence-electron chi connectivity index (χ3n) is 5.23. The summed E-state index contributed by atoms with van der Waals surface area (Å²) in [5.41, 5.74) is 4.41. The predicted molar refractivity (Wildman–Crippen MR) is 128 cm³/mol. The van der Waals surface area contributed by atoms with Gasteiger partial charge in [-0.2, -0.15) is 5.26 Å². The van der Waals surface area contributed by atoms with Crippen molar-refractivity contribution in [2.75, 3.05) is 13.7 Å². The molecule has 160 valence electrons. The molecule has 1 aromatic heterocycles. The van der Waals surface area contributed by atoms with E-state index in [2.05, 4.69) is 17.6 Å². The molecule has 1 heterocycles.